The molecule has 1 unspecified atom stereocenters. The molecule has 2 heterocycles. The minimum atomic E-state index is 0.199. The number of rotatable bonds is 3. The molecule has 0 amide bonds. The van der Waals surface area contributed by atoms with E-state index in [1.54, 1.807) is 6.20 Å². The van der Waals surface area contributed by atoms with Crippen LogP contribution in [-0.2, 0) is 0 Å². The Morgan fingerprint density at radius 1 is 1.53 bits per heavy atom. The number of nitrogens with zero attached hydrogens (tertiary/aromatic N) is 1. The topological polar surface area (TPSA) is 36.1 Å². The Labute approximate surface area is 103 Å². The number of aromatic amines is 1. The van der Waals surface area contributed by atoms with E-state index in [1.165, 1.54) is 6.42 Å². The van der Waals surface area contributed by atoms with Gasteiger partial charge >= 0.3 is 0 Å². The fourth-order valence-electron chi connectivity index (χ4n) is 2.48. The minimum Gasteiger partial charge on any atom is -0.359 e. The average molecular weight is 234 g/mol. The second-order valence-electron chi connectivity index (χ2n) is 6.09. The zero-order chi connectivity index (χ0) is 12.5. The third-order valence-corrected chi connectivity index (χ3v) is 3.76. The molecule has 1 atom stereocenters. The first-order valence-electron chi connectivity index (χ1n) is 6.36. The van der Waals surface area contributed by atoms with Crippen molar-refractivity contribution in [2.24, 2.45) is 11.3 Å². The summed E-state index contributed by atoms with van der Waals surface area (Å²) in [5.41, 5.74) is 1.08. The lowest BCUT2D eigenvalue weighted by molar-refractivity contribution is 0.0933. The molecule has 0 bridgehead atoms. The molecule has 0 aliphatic carbocycles. The van der Waals surface area contributed by atoms with Crippen LogP contribution < -0.4 is 0 Å². The van der Waals surface area contributed by atoms with Crippen LogP contribution in [0.3, 0.4) is 0 Å². The van der Waals surface area contributed by atoms with Crippen LogP contribution in [-0.4, -0.2) is 35.3 Å². The molecule has 1 N–H and O–H groups in total. The van der Waals surface area contributed by atoms with Crippen molar-refractivity contribution >= 4 is 5.78 Å². The summed E-state index contributed by atoms with van der Waals surface area (Å²) in [7, 11) is 0. The monoisotopic (exact) mass is 234 g/mol. The lowest BCUT2D eigenvalue weighted by atomic mass is 9.80. The lowest BCUT2D eigenvalue weighted by Gasteiger charge is -2.26. The van der Waals surface area contributed by atoms with E-state index in [0.717, 1.165) is 18.8 Å². The smallest absolute Gasteiger partial charge is 0.192 e. The maximum absolute atomic E-state index is 11.9. The lowest BCUT2D eigenvalue weighted by Crippen LogP contribution is -2.30. The molecule has 0 radical (unpaired) electrons. The summed E-state index contributed by atoms with van der Waals surface area (Å²) in [4.78, 5) is 17.2. The molecule has 1 aliphatic rings. The predicted molar refractivity (Wildman–Crippen MR) is 69.1 cm³/mol. The van der Waals surface area contributed by atoms with E-state index in [2.05, 4.69) is 30.7 Å². The number of Topliss-reactive ketones (excluding diaryl/α,β-unsaturated/α-hetero) is 1. The van der Waals surface area contributed by atoms with E-state index in [1.807, 2.05) is 12.1 Å². The van der Waals surface area contributed by atoms with Crippen molar-refractivity contribution < 1.29 is 4.79 Å². The first kappa shape index (κ1) is 12.4. The number of carbonyl (C=O) groups excluding carboxylic acids is 1. The highest BCUT2D eigenvalue weighted by Gasteiger charge is 2.32. The largest absolute Gasteiger partial charge is 0.359 e. The van der Waals surface area contributed by atoms with Crippen molar-refractivity contribution in [2.45, 2.75) is 27.2 Å². The molecule has 1 aromatic heterocycles. The van der Waals surface area contributed by atoms with Gasteiger partial charge in [0.1, 0.15) is 0 Å². The molecule has 3 nitrogen and oxygen atoms in total. The van der Waals surface area contributed by atoms with E-state index in [4.69, 9.17) is 0 Å². The number of aromatic nitrogens is 1. The summed E-state index contributed by atoms with van der Waals surface area (Å²) < 4.78 is 0. The van der Waals surface area contributed by atoms with Gasteiger partial charge < -0.3 is 4.98 Å². The third kappa shape index (κ3) is 2.97. The van der Waals surface area contributed by atoms with Crippen molar-refractivity contribution in [1.82, 2.24) is 9.88 Å². The van der Waals surface area contributed by atoms with Gasteiger partial charge in [0, 0.05) is 12.7 Å². The summed E-state index contributed by atoms with van der Waals surface area (Å²) in [5.74, 6) is 0.906. The fourth-order valence-corrected chi connectivity index (χ4v) is 2.48. The first-order valence-corrected chi connectivity index (χ1v) is 6.36. The number of ketones is 1. The van der Waals surface area contributed by atoms with Gasteiger partial charge in [0.05, 0.1) is 12.2 Å². The Bertz CT molecular complexity index is 375. The van der Waals surface area contributed by atoms with Gasteiger partial charge in [-0.3, -0.25) is 9.69 Å². The zero-order valence-electron chi connectivity index (χ0n) is 11.0. The Balaban J connectivity index is 1.88. The molecule has 2 rings (SSSR count). The normalized spacial score (nSPS) is 21.9. The van der Waals surface area contributed by atoms with Gasteiger partial charge in [0.15, 0.2) is 5.78 Å². The number of likely N-dealkylation sites (tertiary alicyclic amines) is 1. The van der Waals surface area contributed by atoms with Crippen LogP contribution >= 0.6 is 0 Å². The molecule has 17 heavy (non-hydrogen) atoms. The Morgan fingerprint density at radius 2 is 2.29 bits per heavy atom. The minimum absolute atomic E-state index is 0.199. The zero-order valence-corrected chi connectivity index (χ0v) is 11.0. The second kappa shape index (κ2) is 4.65. The molecule has 94 valence electrons. The number of nitrogens with one attached hydrogen (secondary N) is 1. The SMILES string of the molecule is CC(C)(C)C1CCN(CC(=O)c2ccc[nH]2)C1. The van der Waals surface area contributed by atoms with Crippen molar-refractivity contribution in [3.8, 4) is 0 Å². The van der Waals surface area contributed by atoms with Crippen molar-refractivity contribution in [1.29, 1.82) is 0 Å². The number of H-pyrrole nitrogens is 1. The Morgan fingerprint density at radius 3 is 2.82 bits per heavy atom. The van der Waals surface area contributed by atoms with E-state index in [0.29, 0.717) is 17.9 Å². The highest BCUT2D eigenvalue weighted by Crippen LogP contribution is 2.33. The third-order valence-electron chi connectivity index (χ3n) is 3.76. The van der Waals surface area contributed by atoms with E-state index in [-0.39, 0.29) is 5.78 Å². The van der Waals surface area contributed by atoms with Gasteiger partial charge in [-0.25, -0.2) is 0 Å². The van der Waals surface area contributed by atoms with E-state index >= 15 is 0 Å². The molecule has 1 aromatic rings. The highest BCUT2D eigenvalue weighted by atomic mass is 16.1. The van der Waals surface area contributed by atoms with Crippen LogP contribution in [0.4, 0.5) is 0 Å². The quantitative estimate of drug-likeness (QED) is 0.816. The van der Waals surface area contributed by atoms with Gasteiger partial charge in [-0.05, 0) is 36.4 Å². The van der Waals surface area contributed by atoms with Gasteiger partial charge in [-0.15, -0.1) is 0 Å². The van der Waals surface area contributed by atoms with Gasteiger partial charge in [-0.1, -0.05) is 20.8 Å². The molecule has 0 aromatic carbocycles. The van der Waals surface area contributed by atoms with E-state index < -0.39 is 0 Å². The highest BCUT2D eigenvalue weighted by molar-refractivity contribution is 5.95. The maximum Gasteiger partial charge on any atom is 0.192 e. The van der Waals surface area contributed by atoms with Crippen LogP contribution in [0.15, 0.2) is 18.3 Å². The maximum atomic E-state index is 11.9. The molecule has 1 fully saturated rings. The molecule has 0 spiro atoms. The number of carbonyl (C=O) groups is 1. The molecule has 0 saturated carbocycles. The summed E-state index contributed by atoms with van der Waals surface area (Å²) in [5, 5.41) is 0. The standard InChI is InChI=1S/C14H22N2O/c1-14(2,3)11-6-8-16(9-11)10-13(17)12-5-4-7-15-12/h4-5,7,11,15H,6,8-10H2,1-3H3. The van der Waals surface area contributed by atoms with Crippen LogP contribution in [0.25, 0.3) is 0 Å². The van der Waals surface area contributed by atoms with Crippen LogP contribution in [0.2, 0.25) is 0 Å². The molecular formula is C14H22N2O. The van der Waals surface area contributed by atoms with Crippen molar-refractivity contribution in [3.63, 3.8) is 0 Å². The molecule has 1 aliphatic heterocycles. The number of hydrogen-bond donors (Lipinski definition) is 1. The van der Waals surface area contributed by atoms with Crippen LogP contribution in [0, 0.1) is 11.3 Å². The second-order valence-corrected chi connectivity index (χ2v) is 6.09. The molecule has 1 saturated heterocycles. The Hall–Kier alpha value is -1.09. The van der Waals surface area contributed by atoms with Gasteiger partial charge in [-0.2, -0.15) is 0 Å². The summed E-state index contributed by atoms with van der Waals surface area (Å²) >= 11 is 0. The van der Waals surface area contributed by atoms with Crippen LogP contribution in [0.5, 0.6) is 0 Å². The van der Waals surface area contributed by atoms with Gasteiger partial charge in [0.25, 0.3) is 0 Å². The van der Waals surface area contributed by atoms with E-state index in [9.17, 15) is 4.79 Å². The summed E-state index contributed by atoms with van der Waals surface area (Å²) in [6.45, 7) is 9.51. The van der Waals surface area contributed by atoms with Crippen molar-refractivity contribution in [3.05, 3.63) is 24.0 Å². The predicted octanol–water partition coefficient (Wildman–Crippen LogP) is 2.57. The fraction of sp³-hybridized carbons (Fsp3) is 0.643. The van der Waals surface area contributed by atoms with Gasteiger partial charge in [0.2, 0.25) is 0 Å². The van der Waals surface area contributed by atoms with Crippen molar-refractivity contribution in [2.75, 3.05) is 19.6 Å². The first-order chi connectivity index (χ1) is 7.97. The molecular weight excluding hydrogens is 212 g/mol. The average Bonchev–Trinajstić information content (AvgIpc) is 2.85. The van der Waals surface area contributed by atoms with Crippen LogP contribution in [0.1, 0.15) is 37.7 Å². The Kier molecular flexibility index (Phi) is 3.38. The molecule has 3 heteroatoms. The number of hydrogen-bond acceptors (Lipinski definition) is 2. The summed E-state index contributed by atoms with van der Waals surface area (Å²) in [6.07, 6.45) is 3.01. The summed E-state index contributed by atoms with van der Waals surface area (Å²) in [6, 6.07) is 3.72.